The Labute approximate surface area is 130 Å². The van der Waals surface area contributed by atoms with E-state index < -0.39 is 5.97 Å². The van der Waals surface area contributed by atoms with E-state index in [4.69, 9.17) is 10.4 Å². The van der Waals surface area contributed by atoms with Crippen LogP contribution >= 0.6 is 15.9 Å². The van der Waals surface area contributed by atoms with Crippen LogP contribution < -0.4 is 0 Å². The maximum atomic E-state index is 10.7. The van der Waals surface area contributed by atoms with Gasteiger partial charge in [-0.2, -0.15) is 10.4 Å². The first-order valence-electron chi connectivity index (χ1n) is 6.21. The van der Waals surface area contributed by atoms with Crippen LogP contribution in [0.1, 0.15) is 12.0 Å². The van der Waals surface area contributed by atoms with Gasteiger partial charge in [-0.15, -0.1) is 0 Å². The number of aryl methyl sites for hydroxylation is 1. The summed E-state index contributed by atoms with van der Waals surface area (Å²) in [6.07, 6.45) is 4.68. The van der Waals surface area contributed by atoms with Crippen LogP contribution in [0.4, 0.5) is 0 Å². The number of carbonyl (C=O) groups is 1. The Bertz CT molecular complexity index is 712. The molecule has 5 nitrogen and oxygen atoms in total. The van der Waals surface area contributed by atoms with Crippen molar-refractivity contribution in [3.8, 4) is 17.3 Å². The number of hydrogen-bond acceptors (Lipinski definition) is 3. The van der Waals surface area contributed by atoms with Gasteiger partial charge in [-0.1, -0.05) is 28.1 Å². The van der Waals surface area contributed by atoms with Gasteiger partial charge in [0, 0.05) is 27.9 Å². The first-order chi connectivity index (χ1) is 10.1. The van der Waals surface area contributed by atoms with Crippen LogP contribution in [-0.2, 0) is 11.3 Å². The summed E-state index contributed by atoms with van der Waals surface area (Å²) < 4.78 is 2.61. The molecule has 0 aliphatic rings. The lowest BCUT2D eigenvalue weighted by atomic mass is 10.1. The zero-order chi connectivity index (χ0) is 15.2. The van der Waals surface area contributed by atoms with Crippen LogP contribution in [0, 0.1) is 11.3 Å². The van der Waals surface area contributed by atoms with E-state index in [1.807, 2.05) is 24.3 Å². The molecule has 0 aliphatic heterocycles. The van der Waals surface area contributed by atoms with E-state index in [-0.39, 0.29) is 0 Å². The second kappa shape index (κ2) is 6.86. The number of halogens is 1. The summed E-state index contributed by atoms with van der Waals surface area (Å²) in [5.74, 6) is -1.01. The van der Waals surface area contributed by atoms with Gasteiger partial charge in [0.2, 0.25) is 0 Å². The van der Waals surface area contributed by atoms with E-state index >= 15 is 0 Å². The second-order valence-corrected chi connectivity index (χ2v) is 5.20. The van der Waals surface area contributed by atoms with Crippen molar-refractivity contribution in [2.45, 2.75) is 13.0 Å². The zero-order valence-electron chi connectivity index (χ0n) is 11.0. The number of hydrogen-bond donors (Lipinski definition) is 1. The molecule has 0 saturated heterocycles. The molecule has 0 amide bonds. The third-order valence-electron chi connectivity index (χ3n) is 2.77. The summed E-state index contributed by atoms with van der Waals surface area (Å²) in [5.41, 5.74) is 2.29. The van der Waals surface area contributed by atoms with E-state index in [1.54, 1.807) is 10.9 Å². The van der Waals surface area contributed by atoms with Gasteiger partial charge in [-0.3, -0.25) is 4.68 Å². The highest BCUT2D eigenvalue weighted by molar-refractivity contribution is 9.10. The minimum atomic E-state index is -1.01. The molecule has 1 aromatic heterocycles. The van der Waals surface area contributed by atoms with Gasteiger partial charge in [-0.05, 0) is 18.2 Å². The van der Waals surface area contributed by atoms with Gasteiger partial charge in [0.1, 0.15) is 0 Å². The Morgan fingerprint density at radius 1 is 1.43 bits per heavy atom. The molecular formula is C15H12BrN3O2. The topological polar surface area (TPSA) is 78.9 Å². The van der Waals surface area contributed by atoms with Gasteiger partial charge in [-0.25, -0.2) is 4.79 Å². The van der Waals surface area contributed by atoms with Gasteiger partial charge < -0.3 is 5.11 Å². The molecule has 2 rings (SSSR count). The van der Waals surface area contributed by atoms with Gasteiger partial charge in [0.05, 0.1) is 24.7 Å². The first kappa shape index (κ1) is 15.0. The summed E-state index contributed by atoms with van der Waals surface area (Å²) in [4.78, 5) is 10.7. The Morgan fingerprint density at radius 2 is 2.14 bits per heavy atom. The molecule has 0 saturated carbocycles. The number of benzene rings is 1. The molecule has 0 aliphatic carbocycles. The molecular weight excluding hydrogens is 334 g/mol. The van der Waals surface area contributed by atoms with Crippen molar-refractivity contribution in [1.82, 2.24) is 9.78 Å². The fourth-order valence-corrected chi connectivity index (χ4v) is 2.10. The molecule has 0 unspecified atom stereocenters. The maximum absolute atomic E-state index is 10.7. The summed E-state index contributed by atoms with van der Waals surface area (Å²) in [7, 11) is 0. The van der Waals surface area contributed by atoms with E-state index in [9.17, 15) is 4.79 Å². The standard InChI is InChI=1S/C15H12BrN3O2/c16-13-5-2-11(3-6-13)15-12(4-7-14(20)21)10-19(18-15)9-1-8-17/h2-7,10H,1,9H2,(H,20,21)/b7-4+. The lowest BCUT2D eigenvalue weighted by Crippen LogP contribution is -1.97. The van der Waals surface area contributed by atoms with Gasteiger partial charge >= 0.3 is 5.97 Å². The molecule has 1 aromatic carbocycles. The van der Waals surface area contributed by atoms with Crippen molar-refractivity contribution in [3.63, 3.8) is 0 Å². The summed E-state index contributed by atoms with van der Waals surface area (Å²) in [6.45, 7) is 0.473. The predicted molar refractivity (Wildman–Crippen MR) is 82.3 cm³/mol. The second-order valence-electron chi connectivity index (χ2n) is 4.28. The van der Waals surface area contributed by atoms with Crippen molar-refractivity contribution in [2.24, 2.45) is 0 Å². The highest BCUT2D eigenvalue weighted by Gasteiger charge is 2.09. The lowest BCUT2D eigenvalue weighted by Gasteiger charge is -1.99. The molecule has 21 heavy (non-hydrogen) atoms. The molecule has 0 spiro atoms. The number of aliphatic carboxylic acids is 1. The average molecular weight is 346 g/mol. The van der Waals surface area contributed by atoms with Crippen LogP contribution in [0.2, 0.25) is 0 Å². The molecule has 0 atom stereocenters. The number of nitriles is 1. The Kier molecular flexibility index (Phi) is 4.90. The first-order valence-corrected chi connectivity index (χ1v) is 7.01. The monoisotopic (exact) mass is 345 g/mol. The molecule has 0 bridgehead atoms. The maximum Gasteiger partial charge on any atom is 0.328 e. The van der Waals surface area contributed by atoms with Crippen molar-refractivity contribution in [3.05, 3.63) is 46.6 Å². The third kappa shape index (κ3) is 4.04. The summed E-state index contributed by atoms with van der Waals surface area (Å²) >= 11 is 3.37. The smallest absolute Gasteiger partial charge is 0.328 e. The van der Waals surface area contributed by atoms with Crippen molar-refractivity contribution >= 4 is 28.0 Å². The number of carboxylic acid groups (broad SMARTS) is 1. The molecule has 0 fully saturated rings. The van der Waals surface area contributed by atoms with Crippen LogP contribution in [0.5, 0.6) is 0 Å². The minimum Gasteiger partial charge on any atom is -0.478 e. The Morgan fingerprint density at radius 3 is 2.76 bits per heavy atom. The number of nitrogens with zero attached hydrogens (tertiary/aromatic N) is 3. The molecule has 106 valence electrons. The zero-order valence-corrected chi connectivity index (χ0v) is 12.6. The SMILES string of the molecule is N#CCCn1cc(/C=C/C(=O)O)c(-c2ccc(Br)cc2)n1. The fourth-order valence-electron chi connectivity index (χ4n) is 1.83. The van der Waals surface area contributed by atoms with E-state index in [0.717, 1.165) is 16.1 Å². The fraction of sp³-hybridized carbons (Fsp3) is 0.133. The van der Waals surface area contributed by atoms with E-state index in [0.29, 0.717) is 24.2 Å². The predicted octanol–water partition coefficient (Wildman–Crippen LogP) is 3.32. The van der Waals surface area contributed by atoms with E-state index in [1.165, 1.54) is 6.08 Å². The van der Waals surface area contributed by atoms with Crippen molar-refractivity contribution < 1.29 is 9.90 Å². The Balaban J connectivity index is 2.41. The van der Waals surface area contributed by atoms with Crippen LogP contribution in [0.3, 0.4) is 0 Å². The van der Waals surface area contributed by atoms with Gasteiger partial charge in [0.25, 0.3) is 0 Å². The highest BCUT2D eigenvalue weighted by Crippen LogP contribution is 2.25. The quantitative estimate of drug-likeness (QED) is 0.843. The summed E-state index contributed by atoms with van der Waals surface area (Å²) in [6, 6.07) is 9.66. The average Bonchev–Trinajstić information content (AvgIpc) is 2.87. The Hall–Kier alpha value is -2.39. The molecule has 1 heterocycles. The van der Waals surface area contributed by atoms with E-state index in [2.05, 4.69) is 27.1 Å². The van der Waals surface area contributed by atoms with Crippen LogP contribution in [-0.4, -0.2) is 20.9 Å². The molecule has 2 aromatic rings. The molecule has 1 N–H and O–H groups in total. The summed E-state index contributed by atoms with van der Waals surface area (Å²) in [5, 5.41) is 21.8. The van der Waals surface area contributed by atoms with Crippen LogP contribution in [0.25, 0.3) is 17.3 Å². The highest BCUT2D eigenvalue weighted by atomic mass is 79.9. The van der Waals surface area contributed by atoms with Gasteiger partial charge in [0.15, 0.2) is 0 Å². The number of rotatable bonds is 5. The lowest BCUT2D eigenvalue weighted by molar-refractivity contribution is -0.131. The third-order valence-corrected chi connectivity index (χ3v) is 3.29. The minimum absolute atomic E-state index is 0.351. The largest absolute Gasteiger partial charge is 0.478 e. The van der Waals surface area contributed by atoms with Crippen molar-refractivity contribution in [2.75, 3.05) is 0 Å². The van der Waals surface area contributed by atoms with Crippen LogP contribution in [0.15, 0.2) is 41.0 Å². The van der Waals surface area contributed by atoms with Crippen molar-refractivity contribution in [1.29, 1.82) is 5.26 Å². The molecule has 6 heteroatoms. The normalized spacial score (nSPS) is 10.7. The number of carboxylic acids is 1. The molecule has 0 radical (unpaired) electrons. The number of aromatic nitrogens is 2.